The van der Waals surface area contributed by atoms with Crippen molar-refractivity contribution in [1.29, 1.82) is 0 Å². The molecule has 0 aliphatic heterocycles. The highest BCUT2D eigenvalue weighted by molar-refractivity contribution is 7.92. The summed E-state index contributed by atoms with van der Waals surface area (Å²) in [5, 5.41) is 3.68. The summed E-state index contributed by atoms with van der Waals surface area (Å²) < 4.78 is 35.3. The topological polar surface area (TPSA) is 96.0 Å². The van der Waals surface area contributed by atoms with Gasteiger partial charge in [0.25, 0.3) is 10.0 Å². The average molecular weight is 702 g/mol. The zero-order chi connectivity index (χ0) is 34.8. The monoisotopic (exact) mass is 701 g/mol. The van der Waals surface area contributed by atoms with Crippen molar-refractivity contribution in [2.45, 2.75) is 75.9 Å². The Bertz CT molecular complexity index is 1790. The van der Waals surface area contributed by atoms with Gasteiger partial charge in [-0.15, -0.1) is 0 Å². The van der Waals surface area contributed by atoms with Crippen LogP contribution in [-0.2, 0) is 32.6 Å². The van der Waals surface area contributed by atoms with Gasteiger partial charge < -0.3 is 15.0 Å². The second kappa shape index (κ2) is 16.9. The van der Waals surface area contributed by atoms with Crippen LogP contribution in [0.25, 0.3) is 0 Å². The molecule has 1 atom stereocenters. The van der Waals surface area contributed by atoms with Crippen LogP contribution in [-0.4, -0.2) is 50.4 Å². The van der Waals surface area contributed by atoms with Crippen molar-refractivity contribution in [2.75, 3.05) is 17.5 Å². The van der Waals surface area contributed by atoms with Crippen LogP contribution in [0.4, 0.5) is 5.69 Å². The highest BCUT2D eigenvalue weighted by Gasteiger charge is 2.35. The third-order valence-electron chi connectivity index (χ3n) is 8.84. The maximum Gasteiger partial charge on any atom is 0.264 e. The largest absolute Gasteiger partial charge is 0.494 e. The Morgan fingerprint density at radius 3 is 2.18 bits per heavy atom. The van der Waals surface area contributed by atoms with Gasteiger partial charge in [-0.3, -0.25) is 13.9 Å². The normalized spacial score (nSPS) is 14.1. The summed E-state index contributed by atoms with van der Waals surface area (Å²) in [4.78, 5) is 30.5. The lowest BCUT2D eigenvalue weighted by atomic mass is 9.94. The minimum Gasteiger partial charge on any atom is -0.494 e. The Kier molecular flexibility index (Phi) is 12.4. The standard InChI is InChI=1S/C39H44ClN3O5S/c1-3-48-34-22-24-35(25-23-34)49(46,47)43(33-20-18-29(2)19-21-33)28-38(44)42(27-31-14-10-11-17-36(31)40)37(26-30-12-6-4-7-13-30)39(45)41-32-15-8-5-9-16-32/h4,6-7,10-14,17-25,32,37H,3,5,8-9,15-16,26-28H2,1-2H3,(H,41,45). The average Bonchev–Trinajstić information content (AvgIpc) is 3.11. The van der Waals surface area contributed by atoms with Gasteiger partial charge in [-0.25, -0.2) is 8.42 Å². The van der Waals surface area contributed by atoms with Gasteiger partial charge in [-0.05, 0) is 80.3 Å². The second-order valence-corrected chi connectivity index (χ2v) is 14.7. The number of rotatable bonds is 14. The first-order valence-corrected chi connectivity index (χ1v) is 18.7. The number of carbonyl (C=O) groups is 2. The van der Waals surface area contributed by atoms with Crippen molar-refractivity contribution < 1.29 is 22.7 Å². The number of nitrogens with one attached hydrogen (secondary N) is 1. The molecule has 8 nitrogen and oxygen atoms in total. The molecule has 0 heterocycles. The van der Waals surface area contributed by atoms with E-state index in [9.17, 15) is 18.0 Å². The van der Waals surface area contributed by atoms with E-state index < -0.39 is 28.5 Å². The van der Waals surface area contributed by atoms with Crippen molar-refractivity contribution in [3.63, 3.8) is 0 Å². The molecule has 0 spiro atoms. The first-order valence-electron chi connectivity index (χ1n) is 16.8. The van der Waals surface area contributed by atoms with E-state index >= 15 is 0 Å². The van der Waals surface area contributed by atoms with E-state index in [2.05, 4.69) is 5.32 Å². The first kappa shape index (κ1) is 36.0. The number of ether oxygens (including phenoxy) is 1. The molecule has 4 aromatic rings. The van der Waals surface area contributed by atoms with Gasteiger partial charge >= 0.3 is 0 Å². The van der Waals surface area contributed by atoms with Gasteiger partial charge in [-0.2, -0.15) is 0 Å². The van der Waals surface area contributed by atoms with Crippen molar-refractivity contribution in [2.24, 2.45) is 0 Å². The smallest absolute Gasteiger partial charge is 0.264 e. The number of hydrogen-bond donors (Lipinski definition) is 1. The Labute approximate surface area is 295 Å². The number of benzene rings is 4. The van der Waals surface area contributed by atoms with Crippen LogP contribution in [0, 0.1) is 6.92 Å². The number of nitrogens with zero attached hydrogens (tertiary/aromatic N) is 2. The molecule has 258 valence electrons. The second-order valence-electron chi connectivity index (χ2n) is 12.4. The molecular weight excluding hydrogens is 658 g/mol. The third kappa shape index (κ3) is 9.43. The number of amides is 2. The minimum absolute atomic E-state index is 0.0119. The quantitative estimate of drug-likeness (QED) is 0.149. The maximum absolute atomic E-state index is 14.7. The molecule has 0 saturated heterocycles. The van der Waals surface area contributed by atoms with E-state index in [0.717, 1.165) is 47.5 Å². The summed E-state index contributed by atoms with van der Waals surface area (Å²) in [5.41, 5.74) is 2.80. The summed E-state index contributed by atoms with van der Waals surface area (Å²) in [6.07, 6.45) is 5.20. The number of aryl methyl sites for hydroxylation is 1. The molecule has 1 N–H and O–H groups in total. The highest BCUT2D eigenvalue weighted by Crippen LogP contribution is 2.28. The lowest BCUT2D eigenvalue weighted by molar-refractivity contribution is -0.140. The Morgan fingerprint density at radius 2 is 1.53 bits per heavy atom. The van der Waals surface area contributed by atoms with Crippen LogP contribution < -0.4 is 14.4 Å². The fourth-order valence-corrected chi connectivity index (χ4v) is 7.76. The van der Waals surface area contributed by atoms with E-state index in [1.54, 1.807) is 48.5 Å². The summed E-state index contributed by atoms with van der Waals surface area (Å²) in [6.45, 7) is 3.68. The summed E-state index contributed by atoms with van der Waals surface area (Å²) in [6, 6.07) is 28.9. The van der Waals surface area contributed by atoms with Crippen LogP contribution in [0.3, 0.4) is 0 Å². The molecule has 0 bridgehead atoms. The molecule has 49 heavy (non-hydrogen) atoms. The van der Waals surface area contributed by atoms with Gasteiger partial charge in [0.05, 0.1) is 17.2 Å². The fraction of sp³-hybridized carbons (Fsp3) is 0.333. The van der Waals surface area contributed by atoms with Gasteiger partial charge in [0, 0.05) is 24.0 Å². The molecule has 4 aromatic carbocycles. The number of sulfonamides is 1. The van der Waals surface area contributed by atoms with Gasteiger partial charge in [0.1, 0.15) is 18.3 Å². The van der Waals surface area contributed by atoms with Crippen LogP contribution in [0.15, 0.2) is 108 Å². The molecule has 1 fully saturated rings. The summed E-state index contributed by atoms with van der Waals surface area (Å²) in [7, 11) is -4.23. The zero-order valence-electron chi connectivity index (χ0n) is 28.1. The summed E-state index contributed by atoms with van der Waals surface area (Å²) >= 11 is 6.62. The number of halogens is 1. The predicted molar refractivity (Wildman–Crippen MR) is 194 cm³/mol. The lowest BCUT2D eigenvalue weighted by Gasteiger charge is -2.35. The van der Waals surface area contributed by atoms with E-state index in [1.807, 2.05) is 56.3 Å². The van der Waals surface area contributed by atoms with Gasteiger partial charge in [-0.1, -0.05) is 97.1 Å². The molecule has 1 saturated carbocycles. The molecule has 0 aromatic heterocycles. The van der Waals surface area contributed by atoms with Gasteiger partial charge in [0.2, 0.25) is 11.8 Å². The van der Waals surface area contributed by atoms with E-state index in [4.69, 9.17) is 16.3 Å². The Hall–Kier alpha value is -4.34. The van der Waals surface area contributed by atoms with Gasteiger partial charge in [0.15, 0.2) is 0 Å². The number of carbonyl (C=O) groups excluding carboxylic acids is 2. The Balaban J connectivity index is 1.56. The van der Waals surface area contributed by atoms with Crippen LogP contribution in [0.1, 0.15) is 55.7 Å². The molecule has 1 aliphatic rings. The van der Waals surface area contributed by atoms with Crippen molar-refractivity contribution in [1.82, 2.24) is 10.2 Å². The predicted octanol–water partition coefficient (Wildman–Crippen LogP) is 7.33. The molecule has 0 radical (unpaired) electrons. The SMILES string of the molecule is CCOc1ccc(S(=O)(=O)N(CC(=O)N(Cc2ccccc2Cl)C(Cc2ccccc2)C(=O)NC2CCCCC2)c2ccc(C)cc2)cc1. The van der Waals surface area contributed by atoms with E-state index in [1.165, 1.54) is 17.0 Å². The van der Waals surface area contributed by atoms with Crippen LogP contribution in [0.2, 0.25) is 5.02 Å². The fourth-order valence-electron chi connectivity index (χ4n) is 6.15. The zero-order valence-corrected chi connectivity index (χ0v) is 29.6. The number of anilines is 1. The van der Waals surface area contributed by atoms with Crippen LogP contribution in [0.5, 0.6) is 5.75 Å². The molecule has 1 unspecified atom stereocenters. The van der Waals surface area contributed by atoms with E-state index in [-0.39, 0.29) is 29.8 Å². The molecule has 5 rings (SSSR count). The summed E-state index contributed by atoms with van der Waals surface area (Å²) in [5.74, 6) is -0.264. The van der Waals surface area contributed by atoms with Crippen molar-refractivity contribution in [3.05, 3.63) is 125 Å². The maximum atomic E-state index is 14.7. The van der Waals surface area contributed by atoms with E-state index in [0.29, 0.717) is 28.6 Å². The molecule has 2 amide bonds. The lowest BCUT2D eigenvalue weighted by Crippen LogP contribution is -2.55. The molecular formula is C39H44ClN3O5S. The van der Waals surface area contributed by atoms with Crippen molar-refractivity contribution >= 4 is 39.1 Å². The third-order valence-corrected chi connectivity index (χ3v) is 11.0. The van der Waals surface area contributed by atoms with Crippen LogP contribution >= 0.6 is 11.6 Å². The molecule has 10 heteroatoms. The molecule has 1 aliphatic carbocycles. The van der Waals surface area contributed by atoms with Crippen molar-refractivity contribution in [3.8, 4) is 5.75 Å². The first-order chi connectivity index (χ1) is 23.7. The highest BCUT2D eigenvalue weighted by atomic mass is 35.5. The minimum atomic E-state index is -4.23. The Morgan fingerprint density at radius 1 is 0.878 bits per heavy atom. The number of hydrogen-bond acceptors (Lipinski definition) is 5.